The third kappa shape index (κ3) is 3.52. The van der Waals surface area contributed by atoms with Crippen LogP contribution in [0.15, 0.2) is 18.2 Å². The summed E-state index contributed by atoms with van der Waals surface area (Å²) in [5.41, 5.74) is 1.45. The van der Waals surface area contributed by atoms with E-state index >= 15 is 0 Å². The first-order chi connectivity index (χ1) is 9.61. The predicted octanol–water partition coefficient (Wildman–Crippen LogP) is 3.85. The van der Waals surface area contributed by atoms with E-state index in [2.05, 4.69) is 11.4 Å². The summed E-state index contributed by atoms with van der Waals surface area (Å²) in [6, 6.07) is 7.13. The number of amides is 1. The maximum atomic E-state index is 12.2. The average molecular weight is 291 g/mol. The Labute approximate surface area is 124 Å². The van der Waals surface area contributed by atoms with Crippen molar-refractivity contribution in [3.8, 4) is 6.07 Å². The smallest absolute Gasteiger partial charge is 0.253 e. The average Bonchev–Trinajstić information content (AvgIpc) is 2.45. The maximum Gasteiger partial charge on any atom is 0.253 e. The largest absolute Gasteiger partial charge is 0.336 e. The van der Waals surface area contributed by atoms with Gasteiger partial charge >= 0.3 is 0 Å². The van der Waals surface area contributed by atoms with Crippen molar-refractivity contribution >= 4 is 17.5 Å². The summed E-state index contributed by atoms with van der Waals surface area (Å²) in [4.78, 5) is 12.2. The second-order valence-corrected chi connectivity index (χ2v) is 5.87. The normalized spacial score (nSPS) is 17.2. The highest BCUT2D eigenvalue weighted by atomic mass is 35.5. The molecule has 1 saturated carbocycles. The Morgan fingerprint density at radius 2 is 2.10 bits per heavy atom. The molecule has 2 rings (SSSR count). The lowest BCUT2D eigenvalue weighted by Gasteiger charge is -2.26. The van der Waals surface area contributed by atoms with Gasteiger partial charge < -0.3 is 5.32 Å². The summed E-state index contributed by atoms with van der Waals surface area (Å²) >= 11 is 6.09. The molecule has 106 valence electrons. The fraction of sp³-hybridized carbons (Fsp3) is 0.500. The number of nitrogens with zero attached hydrogens (tertiary/aromatic N) is 1. The number of hydrogen-bond donors (Lipinski definition) is 1. The third-order valence-electron chi connectivity index (χ3n) is 3.92. The molecule has 1 N–H and O–H groups in total. The molecule has 0 spiro atoms. The number of rotatable bonds is 3. The van der Waals surface area contributed by atoms with Crippen LogP contribution in [0.5, 0.6) is 0 Å². The molecule has 0 heterocycles. The van der Waals surface area contributed by atoms with Crippen molar-refractivity contribution in [2.24, 2.45) is 5.92 Å². The standard InChI is InChI=1S/C16H19ClN2O/c1-11-7-8-13(14(17)9-11)16(20)19-15(10-18)12-5-3-2-4-6-12/h7-9,12,15H,2-6H2,1H3,(H,19,20). The number of halogens is 1. The zero-order valence-corrected chi connectivity index (χ0v) is 12.4. The predicted molar refractivity (Wildman–Crippen MR) is 79.6 cm³/mol. The summed E-state index contributed by atoms with van der Waals surface area (Å²) in [6.45, 7) is 1.92. The molecule has 0 aliphatic heterocycles. The SMILES string of the molecule is Cc1ccc(C(=O)NC(C#N)C2CCCCC2)c(Cl)c1. The van der Waals surface area contributed by atoms with Crippen molar-refractivity contribution < 1.29 is 4.79 Å². The van der Waals surface area contributed by atoms with Gasteiger partial charge in [0, 0.05) is 0 Å². The minimum absolute atomic E-state index is 0.257. The van der Waals surface area contributed by atoms with Crippen molar-refractivity contribution in [3.63, 3.8) is 0 Å². The summed E-state index contributed by atoms with van der Waals surface area (Å²) < 4.78 is 0. The molecule has 1 unspecified atom stereocenters. The zero-order valence-electron chi connectivity index (χ0n) is 11.7. The number of benzene rings is 1. The molecule has 0 radical (unpaired) electrons. The van der Waals surface area contributed by atoms with Gasteiger partial charge in [0.1, 0.15) is 6.04 Å². The quantitative estimate of drug-likeness (QED) is 0.919. The summed E-state index contributed by atoms with van der Waals surface area (Å²) in [7, 11) is 0. The van der Waals surface area contributed by atoms with Gasteiger partial charge in [-0.05, 0) is 43.4 Å². The molecule has 1 amide bonds. The van der Waals surface area contributed by atoms with Crippen LogP contribution < -0.4 is 5.32 Å². The second-order valence-electron chi connectivity index (χ2n) is 5.46. The van der Waals surface area contributed by atoms with E-state index < -0.39 is 6.04 Å². The Hall–Kier alpha value is -1.53. The minimum atomic E-state index is -0.417. The van der Waals surface area contributed by atoms with Gasteiger partial charge in [-0.1, -0.05) is 36.9 Å². The minimum Gasteiger partial charge on any atom is -0.336 e. The van der Waals surface area contributed by atoms with E-state index in [0.717, 1.165) is 31.2 Å². The first kappa shape index (κ1) is 14.9. The van der Waals surface area contributed by atoms with Gasteiger partial charge in [-0.3, -0.25) is 4.79 Å². The highest BCUT2D eigenvalue weighted by Gasteiger charge is 2.25. The molecule has 3 nitrogen and oxygen atoms in total. The molecule has 0 aromatic heterocycles. The van der Waals surface area contributed by atoms with Gasteiger partial charge in [0.2, 0.25) is 0 Å². The molecule has 1 aromatic carbocycles. The van der Waals surface area contributed by atoms with Crippen molar-refractivity contribution in [2.75, 3.05) is 0 Å². The number of hydrogen-bond acceptors (Lipinski definition) is 2. The van der Waals surface area contributed by atoms with Gasteiger partial charge in [0.05, 0.1) is 16.7 Å². The van der Waals surface area contributed by atoms with E-state index in [1.165, 1.54) is 6.42 Å². The van der Waals surface area contributed by atoms with E-state index in [0.29, 0.717) is 10.6 Å². The summed E-state index contributed by atoms with van der Waals surface area (Å²) in [5, 5.41) is 12.6. The molecule has 1 aliphatic rings. The first-order valence-corrected chi connectivity index (χ1v) is 7.46. The Bertz CT molecular complexity index is 530. The van der Waals surface area contributed by atoms with Gasteiger partial charge in [0.15, 0.2) is 0 Å². The van der Waals surface area contributed by atoms with E-state index in [1.807, 2.05) is 13.0 Å². The zero-order chi connectivity index (χ0) is 14.5. The van der Waals surface area contributed by atoms with E-state index in [4.69, 9.17) is 11.6 Å². The van der Waals surface area contributed by atoms with E-state index in [-0.39, 0.29) is 11.8 Å². The highest BCUT2D eigenvalue weighted by molar-refractivity contribution is 6.33. The van der Waals surface area contributed by atoms with Crippen LogP contribution in [0.25, 0.3) is 0 Å². The highest BCUT2D eigenvalue weighted by Crippen LogP contribution is 2.27. The van der Waals surface area contributed by atoms with E-state index in [1.54, 1.807) is 12.1 Å². The fourth-order valence-electron chi connectivity index (χ4n) is 2.75. The lowest BCUT2D eigenvalue weighted by molar-refractivity contribution is 0.0929. The van der Waals surface area contributed by atoms with Crippen LogP contribution in [0.2, 0.25) is 5.02 Å². The molecule has 1 aromatic rings. The number of aryl methyl sites for hydroxylation is 1. The Morgan fingerprint density at radius 1 is 1.40 bits per heavy atom. The van der Waals surface area contributed by atoms with Crippen LogP contribution >= 0.6 is 11.6 Å². The molecule has 4 heteroatoms. The topological polar surface area (TPSA) is 52.9 Å². The first-order valence-electron chi connectivity index (χ1n) is 7.08. The number of carbonyl (C=O) groups is 1. The molecule has 0 saturated heterocycles. The van der Waals surface area contributed by atoms with Crippen LogP contribution in [0.4, 0.5) is 0 Å². The molecule has 0 bridgehead atoms. The molecular formula is C16H19ClN2O. The van der Waals surface area contributed by atoms with Crippen LogP contribution in [0.1, 0.15) is 48.0 Å². The molecule has 1 aliphatic carbocycles. The molecule has 20 heavy (non-hydrogen) atoms. The lowest BCUT2D eigenvalue weighted by atomic mass is 9.84. The van der Waals surface area contributed by atoms with Crippen LogP contribution in [-0.4, -0.2) is 11.9 Å². The Balaban J connectivity index is 2.07. The maximum absolute atomic E-state index is 12.2. The molecule has 1 atom stereocenters. The number of carbonyl (C=O) groups excluding carboxylic acids is 1. The van der Waals surface area contributed by atoms with Crippen molar-refractivity contribution in [2.45, 2.75) is 45.1 Å². The van der Waals surface area contributed by atoms with Crippen LogP contribution in [0, 0.1) is 24.2 Å². The Morgan fingerprint density at radius 3 is 2.70 bits per heavy atom. The van der Waals surface area contributed by atoms with Crippen molar-refractivity contribution in [3.05, 3.63) is 34.3 Å². The summed E-state index contributed by atoms with van der Waals surface area (Å²) in [5.74, 6) is 0.00838. The lowest BCUT2D eigenvalue weighted by Crippen LogP contribution is -2.40. The van der Waals surface area contributed by atoms with Crippen LogP contribution in [-0.2, 0) is 0 Å². The van der Waals surface area contributed by atoms with Crippen LogP contribution in [0.3, 0.4) is 0 Å². The van der Waals surface area contributed by atoms with Gasteiger partial charge in [-0.2, -0.15) is 5.26 Å². The number of nitrogens with one attached hydrogen (secondary N) is 1. The monoisotopic (exact) mass is 290 g/mol. The van der Waals surface area contributed by atoms with Gasteiger partial charge in [0.25, 0.3) is 5.91 Å². The van der Waals surface area contributed by atoms with E-state index in [9.17, 15) is 10.1 Å². The third-order valence-corrected chi connectivity index (χ3v) is 4.23. The van der Waals surface area contributed by atoms with Gasteiger partial charge in [-0.15, -0.1) is 0 Å². The van der Waals surface area contributed by atoms with Crippen molar-refractivity contribution in [1.82, 2.24) is 5.32 Å². The Kier molecular flexibility index (Phi) is 5.03. The van der Waals surface area contributed by atoms with Gasteiger partial charge in [-0.25, -0.2) is 0 Å². The fourth-order valence-corrected chi connectivity index (χ4v) is 3.07. The number of nitriles is 1. The second kappa shape index (κ2) is 6.76. The molecule has 1 fully saturated rings. The molecular weight excluding hydrogens is 272 g/mol. The summed E-state index contributed by atoms with van der Waals surface area (Å²) in [6.07, 6.45) is 5.54. The van der Waals surface area contributed by atoms with Crippen molar-refractivity contribution in [1.29, 1.82) is 5.26 Å².